The van der Waals surface area contributed by atoms with E-state index in [4.69, 9.17) is 15.2 Å². The Balaban J connectivity index is 1.28. The van der Waals surface area contributed by atoms with E-state index in [0.29, 0.717) is 11.7 Å². The van der Waals surface area contributed by atoms with Crippen molar-refractivity contribution in [1.82, 2.24) is 19.5 Å². The molecule has 0 amide bonds. The number of aryl methyl sites for hydroxylation is 1. The number of anilines is 1. The summed E-state index contributed by atoms with van der Waals surface area (Å²) in [6.45, 7) is 4.01. The van der Waals surface area contributed by atoms with Gasteiger partial charge in [0.05, 0.1) is 27.7 Å². The third-order valence-electron chi connectivity index (χ3n) is 6.55. The van der Waals surface area contributed by atoms with Gasteiger partial charge in [-0.05, 0) is 63.3 Å². The summed E-state index contributed by atoms with van der Waals surface area (Å²) in [7, 11) is 0. The molecule has 1 aliphatic carbocycles. The summed E-state index contributed by atoms with van der Waals surface area (Å²) in [6.07, 6.45) is 8.58. The summed E-state index contributed by atoms with van der Waals surface area (Å²) in [5.41, 5.74) is 8.01. The zero-order valence-corrected chi connectivity index (χ0v) is 18.4. The largest absolute Gasteiger partial charge is 0.383 e. The van der Waals surface area contributed by atoms with Crippen molar-refractivity contribution in [2.75, 3.05) is 5.73 Å². The van der Waals surface area contributed by atoms with E-state index in [1.165, 1.54) is 15.9 Å². The minimum absolute atomic E-state index is 0.00383. The fourth-order valence-electron chi connectivity index (χ4n) is 5.24. The molecule has 1 saturated carbocycles. The van der Waals surface area contributed by atoms with Gasteiger partial charge >= 0.3 is 0 Å². The molecule has 7 nitrogen and oxygen atoms in total. The minimum Gasteiger partial charge on any atom is -0.383 e. The molecule has 160 valence electrons. The van der Waals surface area contributed by atoms with Crippen LogP contribution in [0.15, 0.2) is 43.0 Å². The number of nitrogen functional groups attached to an aromatic ring is 1. The molecule has 2 aliphatic rings. The SMILES string of the molecule is CC1(C)O[C@@H]2[C@@H](CCc3cc4ncccc4s3)C[C@@H](n3ccc4c(N)ncnc43)[C@@H]2O1. The molecule has 4 atom stereocenters. The van der Waals surface area contributed by atoms with Crippen molar-refractivity contribution in [2.45, 2.75) is 57.1 Å². The number of fused-ring (bicyclic) bond motifs is 3. The summed E-state index contributed by atoms with van der Waals surface area (Å²) in [4.78, 5) is 14.5. The standard InChI is InChI=1S/C23H25N5O2S/c1-23(2)29-19-13(5-6-14-11-16-18(31-14)4-3-8-25-16)10-17(20(19)30-23)28-9-7-15-21(24)26-12-27-22(15)28/h3-4,7-9,11-13,17,19-20H,5-6,10H2,1-2H3,(H2,24,26,27)/t13-,17+,19+,20-/m0/s1. The van der Waals surface area contributed by atoms with Crippen LogP contribution in [0.5, 0.6) is 0 Å². The molecule has 4 aromatic heterocycles. The fourth-order valence-corrected chi connectivity index (χ4v) is 6.28. The topological polar surface area (TPSA) is 88.1 Å². The van der Waals surface area contributed by atoms with Crippen LogP contribution in [0.1, 0.15) is 37.6 Å². The van der Waals surface area contributed by atoms with E-state index in [1.807, 2.05) is 43.5 Å². The number of nitrogens with zero attached hydrogens (tertiary/aromatic N) is 4. The van der Waals surface area contributed by atoms with Crippen LogP contribution in [0.2, 0.25) is 0 Å². The van der Waals surface area contributed by atoms with E-state index < -0.39 is 5.79 Å². The van der Waals surface area contributed by atoms with Gasteiger partial charge in [-0.2, -0.15) is 0 Å². The predicted octanol–water partition coefficient (Wildman–Crippen LogP) is 4.34. The van der Waals surface area contributed by atoms with Crippen LogP contribution in [0.25, 0.3) is 21.3 Å². The zero-order valence-electron chi connectivity index (χ0n) is 17.6. The lowest BCUT2D eigenvalue weighted by molar-refractivity contribution is -0.160. The van der Waals surface area contributed by atoms with Crippen molar-refractivity contribution < 1.29 is 9.47 Å². The predicted molar refractivity (Wildman–Crippen MR) is 121 cm³/mol. The second kappa shape index (κ2) is 6.98. The first-order valence-electron chi connectivity index (χ1n) is 10.7. The first kappa shape index (κ1) is 19.2. The molecule has 2 N–H and O–H groups in total. The summed E-state index contributed by atoms with van der Waals surface area (Å²) in [6, 6.07) is 8.52. The van der Waals surface area contributed by atoms with Crippen LogP contribution in [0.3, 0.4) is 0 Å². The van der Waals surface area contributed by atoms with Gasteiger partial charge < -0.3 is 19.8 Å². The summed E-state index contributed by atoms with van der Waals surface area (Å²) >= 11 is 1.84. The van der Waals surface area contributed by atoms with E-state index in [9.17, 15) is 0 Å². The molecule has 4 aromatic rings. The summed E-state index contributed by atoms with van der Waals surface area (Å²) in [5, 5.41) is 0.887. The molecule has 0 aromatic carbocycles. The second-order valence-corrected chi connectivity index (χ2v) is 10.2. The first-order valence-corrected chi connectivity index (χ1v) is 11.6. The van der Waals surface area contributed by atoms with Crippen molar-refractivity contribution >= 4 is 38.4 Å². The lowest BCUT2D eigenvalue weighted by Gasteiger charge is -2.24. The van der Waals surface area contributed by atoms with Crippen molar-refractivity contribution in [2.24, 2.45) is 5.92 Å². The Hall–Kier alpha value is -2.55. The Bertz CT molecular complexity index is 1230. The molecule has 0 spiro atoms. The maximum absolute atomic E-state index is 6.39. The number of nitrogens with two attached hydrogens (primary N) is 1. The van der Waals surface area contributed by atoms with Gasteiger partial charge in [-0.3, -0.25) is 4.98 Å². The molecule has 1 saturated heterocycles. The highest BCUT2D eigenvalue weighted by molar-refractivity contribution is 7.19. The lowest BCUT2D eigenvalue weighted by atomic mass is 9.98. The summed E-state index contributed by atoms with van der Waals surface area (Å²) in [5.74, 6) is 0.341. The van der Waals surface area contributed by atoms with Gasteiger partial charge in [0.1, 0.15) is 23.9 Å². The van der Waals surface area contributed by atoms with Crippen LogP contribution in [0, 0.1) is 5.92 Å². The van der Waals surface area contributed by atoms with Gasteiger partial charge in [-0.1, -0.05) is 0 Å². The van der Waals surface area contributed by atoms with E-state index in [1.54, 1.807) is 0 Å². The maximum atomic E-state index is 6.39. The van der Waals surface area contributed by atoms with E-state index in [2.05, 4.69) is 37.8 Å². The van der Waals surface area contributed by atoms with Gasteiger partial charge in [0.25, 0.3) is 0 Å². The minimum atomic E-state index is -0.579. The number of rotatable bonds is 4. The van der Waals surface area contributed by atoms with E-state index in [0.717, 1.165) is 35.8 Å². The summed E-state index contributed by atoms with van der Waals surface area (Å²) < 4.78 is 16.2. The lowest BCUT2D eigenvalue weighted by Crippen LogP contribution is -2.27. The molecule has 8 heteroatoms. The molecule has 5 heterocycles. The highest BCUT2D eigenvalue weighted by Crippen LogP contribution is 2.49. The third-order valence-corrected chi connectivity index (χ3v) is 7.70. The molecular formula is C23H25N5O2S. The van der Waals surface area contributed by atoms with Gasteiger partial charge in [0.2, 0.25) is 0 Å². The number of hydrogen-bond acceptors (Lipinski definition) is 7. The Kier molecular flexibility index (Phi) is 4.31. The molecule has 0 bridgehead atoms. The van der Waals surface area contributed by atoms with Crippen molar-refractivity contribution in [3.63, 3.8) is 0 Å². The van der Waals surface area contributed by atoms with E-state index in [-0.39, 0.29) is 18.2 Å². The van der Waals surface area contributed by atoms with Crippen LogP contribution in [0.4, 0.5) is 5.82 Å². The Morgan fingerprint density at radius 3 is 2.94 bits per heavy atom. The van der Waals surface area contributed by atoms with Crippen molar-refractivity contribution in [3.05, 3.63) is 47.9 Å². The molecule has 2 fully saturated rings. The average molecular weight is 436 g/mol. The Morgan fingerprint density at radius 1 is 1.19 bits per heavy atom. The molecule has 31 heavy (non-hydrogen) atoms. The van der Waals surface area contributed by atoms with Crippen LogP contribution < -0.4 is 5.73 Å². The number of ether oxygens (including phenoxy) is 2. The highest BCUT2D eigenvalue weighted by Gasteiger charge is 2.54. The van der Waals surface area contributed by atoms with Crippen LogP contribution in [-0.4, -0.2) is 37.5 Å². The maximum Gasteiger partial charge on any atom is 0.163 e. The molecule has 0 radical (unpaired) electrons. The van der Waals surface area contributed by atoms with Crippen LogP contribution in [-0.2, 0) is 15.9 Å². The molecule has 0 unspecified atom stereocenters. The van der Waals surface area contributed by atoms with Gasteiger partial charge in [0.15, 0.2) is 5.79 Å². The first-order chi connectivity index (χ1) is 15.0. The normalized spacial score (nSPS) is 27.3. The Morgan fingerprint density at radius 2 is 2.06 bits per heavy atom. The molecular weight excluding hydrogens is 410 g/mol. The number of aromatic nitrogens is 4. The van der Waals surface area contributed by atoms with Gasteiger partial charge in [-0.25, -0.2) is 9.97 Å². The van der Waals surface area contributed by atoms with Crippen LogP contribution >= 0.6 is 11.3 Å². The fraction of sp³-hybridized carbons (Fsp3) is 0.435. The Labute approximate surface area is 184 Å². The zero-order chi connectivity index (χ0) is 21.2. The van der Waals surface area contributed by atoms with E-state index >= 15 is 0 Å². The highest BCUT2D eigenvalue weighted by atomic mass is 32.1. The number of thiophene rings is 1. The van der Waals surface area contributed by atoms with Crippen molar-refractivity contribution in [1.29, 1.82) is 0 Å². The average Bonchev–Trinajstić information content (AvgIpc) is 3.47. The molecule has 6 rings (SSSR count). The smallest absolute Gasteiger partial charge is 0.163 e. The third kappa shape index (κ3) is 3.21. The number of hydrogen-bond donors (Lipinski definition) is 1. The van der Waals surface area contributed by atoms with Gasteiger partial charge in [-0.15, -0.1) is 11.3 Å². The second-order valence-electron chi connectivity index (χ2n) is 8.99. The van der Waals surface area contributed by atoms with Crippen molar-refractivity contribution in [3.8, 4) is 0 Å². The number of pyridine rings is 1. The van der Waals surface area contributed by atoms with Gasteiger partial charge in [0, 0.05) is 17.3 Å². The molecule has 1 aliphatic heterocycles. The monoisotopic (exact) mass is 435 g/mol. The quantitative estimate of drug-likeness (QED) is 0.513.